The van der Waals surface area contributed by atoms with Crippen molar-refractivity contribution < 1.29 is 0 Å². The molecule has 3 heteroatoms. The van der Waals surface area contributed by atoms with Gasteiger partial charge in [-0.1, -0.05) is 0 Å². The van der Waals surface area contributed by atoms with Crippen LogP contribution in [0.1, 0.15) is 25.0 Å². The molecule has 2 unspecified atom stereocenters. The summed E-state index contributed by atoms with van der Waals surface area (Å²) in [5.74, 6) is 1.44. The van der Waals surface area contributed by atoms with Crippen LogP contribution in [0.15, 0.2) is 18.3 Å². The minimum absolute atomic E-state index is 0.510. The van der Waals surface area contributed by atoms with Gasteiger partial charge in [-0.15, -0.1) is 11.6 Å². The highest BCUT2D eigenvalue weighted by atomic mass is 35.5. The van der Waals surface area contributed by atoms with Gasteiger partial charge in [-0.25, -0.2) is 0 Å². The van der Waals surface area contributed by atoms with E-state index in [-0.39, 0.29) is 0 Å². The van der Waals surface area contributed by atoms with Crippen LogP contribution in [-0.4, -0.2) is 17.6 Å². The SMILES string of the molecule is ClCc1cc(N2CC3CCC2C3)ccn1. The molecule has 1 saturated carbocycles. The predicted octanol–water partition coefficient (Wildman–Crippen LogP) is 2.81. The molecule has 1 aromatic heterocycles. The van der Waals surface area contributed by atoms with Gasteiger partial charge in [-0.3, -0.25) is 4.98 Å². The summed E-state index contributed by atoms with van der Waals surface area (Å²) in [5.41, 5.74) is 2.30. The summed E-state index contributed by atoms with van der Waals surface area (Å²) >= 11 is 5.80. The number of fused-ring (bicyclic) bond motifs is 2. The number of nitrogens with zero attached hydrogens (tertiary/aromatic N) is 2. The highest BCUT2D eigenvalue weighted by molar-refractivity contribution is 6.16. The van der Waals surface area contributed by atoms with E-state index in [1.807, 2.05) is 6.20 Å². The lowest BCUT2D eigenvalue weighted by Crippen LogP contribution is -2.31. The van der Waals surface area contributed by atoms with Crippen LogP contribution in [0, 0.1) is 5.92 Å². The first-order valence-corrected chi connectivity index (χ1v) is 6.18. The predicted molar refractivity (Wildman–Crippen MR) is 62.3 cm³/mol. The van der Waals surface area contributed by atoms with E-state index < -0.39 is 0 Å². The quantitative estimate of drug-likeness (QED) is 0.716. The van der Waals surface area contributed by atoms with E-state index in [0.717, 1.165) is 17.7 Å². The molecule has 1 saturated heterocycles. The minimum Gasteiger partial charge on any atom is -0.368 e. The number of hydrogen-bond donors (Lipinski definition) is 0. The number of piperidine rings is 1. The van der Waals surface area contributed by atoms with Gasteiger partial charge in [0.2, 0.25) is 0 Å². The van der Waals surface area contributed by atoms with Crippen molar-refractivity contribution in [2.75, 3.05) is 11.4 Å². The van der Waals surface area contributed by atoms with Crippen molar-refractivity contribution >= 4 is 17.3 Å². The summed E-state index contributed by atoms with van der Waals surface area (Å²) < 4.78 is 0. The van der Waals surface area contributed by atoms with Gasteiger partial charge in [-0.05, 0) is 37.3 Å². The first-order chi connectivity index (χ1) is 7.36. The number of hydrogen-bond acceptors (Lipinski definition) is 2. The minimum atomic E-state index is 0.510. The monoisotopic (exact) mass is 222 g/mol. The first kappa shape index (κ1) is 9.46. The number of halogens is 1. The van der Waals surface area contributed by atoms with E-state index >= 15 is 0 Å². The molecule has 3 rings (SSSR count). The molecule has 2 fully saturated rings. The zero-order valence-electron chi connectivity index (χ0n) is 8.69. The maximum atomic E-state index is 5.80. The van der Waals surface area contributed by atoms with Gasteiger partial charge >= 0.3 is 0 Å². The zero-order valence-corrected chi connectivity index (χ0v) is 9.45. The molecule has 80 valence electrons. The van der Waals surface area contributed by atoms with Gasteiger partial charge < -0.3 is 4.90 Å². The summed E-state index contributed by atoms with van der Waals surface area (Å²) in [7, 11) is 0. The van der Waals surface area contributed by atoms with E-state index in [2.05, 4.69) is 22.0 Å². The molecule has 1 aliphatic carbocycles. The van der Waals surface area contributed by atoms with Crippen LogP contribution < -0.4 is 4.90 Å². The third kappa shape index (κ3) is 1.61. The van der Waals surface area contributed by atoms with Crippen molar-refractivity contribution in [2.45, 2.75) is 31.2 Å². The maximum absolute atomic E-state index is 5.80. The van der Waals surface area contributed by atoms with Gasteiger partial charge in [0, 0.05) is 24.5 Å². The third-order valence-electron chi connectivity index (χ3n) is 3.68. The van der Waals surface area contributed by atoms with Crippen LogP contribution in [0.4, 0.5) is 5.69 Å². The Hall–Kier alpha value is -0.760. The maximum Gasteiger partial charge on any atom is 0.0648 e. The lowest BCUT2D eigenvalue weighted by Gasteiger charge is -2.29. The molecule has 2 nitrogen and oxygen atoms in total. The topological polar surface area (TPSA) is 16.1 Å². The Labute approximate surface area is 95.3 Å². The second-order valence-electron chi connectivity index (χ2n) is 4.62. The molecule has 0 aromatic carbocycles. The summed E-state index contributed by atoms with van der Waals surface area (Å²) in [6, 6.07) is 5.02. The summed E-state index contributed by atoms with van der Waals surface area (Å²) in [6.45, 7) is 1.23. The lowest BCUT2D eigenvalue weighted by atomic mass is 10.1. The van der Waals surface area contributed by atoms with Gasteiger partial charge in [0.05, 0.1) is 11.6 Å². The van der Waals surface area contributed by atoms with Gasteiger partial charge in [0.15, 0.2) is 0 Å². The zero-order chi connectivity index (χ0) is 10.3. The number of aromatic nitrogens is 1. The average Bonchev–Trinajstić information content (AvgIpc) is 2.91. The van der Waals surface area contributed by atoms with Crippen LogP contribution in [0.5, 0.6) is 0 Å². The Morgan fingerprint density at radius 1 is 1.47 bits per heavy atom. The summed E-state index contributed by atoms with van der Waals surface area (Å²) in [4.78, 5) is 6.77. The second kappa shape index (κ2) is 3.67. The standard InChI is InChI=1S/C12H15ClN2/c13-7-10-6-12(3-4-14-10)15-8-9-1-2-11(15)5-9/h3-4,6,9,11H,1-2,5,7-8H2. The van der Waals surface area contributed by atoms with Gasteiger partial charge in [0.25, 0.3) is 0 Å². The molecular formula is C12H15ClN2. The molecule has 1 aromatic rings. The largest absolute Gasteiger partial charge is 0.368 e. The third-order valence-corrected chi connectivity index (χ3v) is 3.95. The molecule has 2 heterocycles. The van der Waals surface area contributed by atoms with Crippen molar-refractivity contribution in [3.8, 4) is 0 Å². The fourth-order valence-corrected chi connectivity index (χ4v) is 3.10. The fourth-order valence-electron chi connectivity index (χ4n) is 2.96. The van der Waals surface area contributed by atoms with Crippen LogP contribution in [-0.2, 0) is 5.88 Å². The molecule has 0 radical (unpaired) electrons. The van der Waals surface area contributed by atoms with Crippen molar-refractivity contribution in [3.63, 3.8) is 0 Å². The van der Waals surface area contributed by atoms with Crippen LogP contribution in [0.2, 0.25) is 0 Å². The molecule has 2 bridgehead atoms. The Bertz CT molecular complexity index is 366. The normalized spacial score (nSPS) is 28.7. The fraction of sp³-hybridized carbons (Fsp3) is 0.583. The van der Waals surface area contributed by atoms with Crippen LogP contribution >= 0.6 is 11.6 Å². The molecule has 0 spiro atoms. The highest BCUT2D eigenvalue weighted by Gasteiger charge is 2.37. The summed E-state index contributed by atoms with van der Waals surface area (Å²) in [6.07, 6.45) is 6.05. The molecule has 15 heavy (non-hydrogen) atoms. The van der Waals surface area contributed by atoms with Gasteiger partial charge in [0.1, 0.15) is 0 Å². The molecule has 0 N–H and O–H groups in total. The first-order valence-electron chi connectivity index (χ1n) is 5.64. The van der Waals surface area contributed by atoms with E-state index in [4.69, 9.17) is 11.6 Å². The number of rotatable bonds is 2. The smallest absolute Gasteiger partial charge is 0.0648 e. The van der Waals surface area contributed by atoms with E-state index in [1.165, 1.54) is 31.5 Å². The van der Waals surface area contributed by atoms with Gasteiger partial charge in [-0.2, -0.15) is 0 Å². The van der Waals surface area contributed by atoms with E-state index in [0.29, 0.717) is 5.88 Å². The average molecular weight is 223 g/mol. The second-order valence-corrected chi connectivity index (χ2v) is 4.89. The Morgan fingerprint density at radius 2 is 2.40 bits per heavy atom. The Kier molecular flexibility index (Phi) is 2.32. The Morgan fingerprint density at radius 3 is 3.07 bits per heavy atom. The molecular weight excluding hydrogens is 208 g/mol. The van der Waals surface area contributed by atoms with Crippen molar-refractivity contribution in [3.05, 3.63) is 24.0 Å². The number of alkyl halides is 1. The molecule has 0 amide bonds. The molecule has 2 atom stereocenters. The lowest BCUT2D eigenvalue weighted by molar-refractivity contribution is 0.553. The highest BCUT2D eigenvalue weighted by Crippen LogP contribution is 2.40. The molecule has 1 aliphatic heterocycles. The summed E-state index contributed by atoms with van der Waals surface area (Å²) in [5, 5.41) is 0. The van der Waals surface area contributed by atoms with Crippen molar-refractivity contribution in [1.82, 2.24) is 4.98 Å². The molecule has 2 aliphatic rings. The van der Waals surface area contributed by atoms with Crippen LogP contribution in [0.25, 0.3) is 0 Å². The number of pyridine rings is 1. The van der Waals surface area contributed by atoms with Crippen LogP contribution in [0.3, 0.4) is 0 Å². The Balaban J connectivity index is 1.86. The van der Waals surface area contributed by atoms with E-state index in [9.17, 15) is 0 Å². The van der Waals surface area contributed by atoms with Crippen molar-refractivity contribution in [2.24, 2.45) is 5.92 Å². The number of anilines is 1. The van der Waals surface area contributed by atoms with Crippen molar-refractivity contribution in [1.29, 1.82) is 0 Å². The van der Waals surface area contributed by atoms with E-state index in [1.54, 1.807) is 0 Å².